The molecule has 5 nitrogen and oxygen atoms in total. The number of amides is 2. The first kappa shape index (κ1) is 18.4. The topological polar surface area (TPSA) is 63.7 Å². The lowest BCUT2D eigenvalue weighted by atomic mass is 9.76. The van der Waals surface area contributed by atoms with Crippen molar-refractivity contribution in [1.82, 2.24) is 0 Å². The molecule has 3 atom stereocenters. The maximum Gasteiger partial charge on any atom is 0.343 e. The highest BCUT2D eigenvalue weighted by Crippen LogP contribution is 2.42. The minimum atomic E-state index is -0.443. The van der Waals surface area contributed by atoms with Gasteiger partial charge in [-0.2, -0.15) is 0 Å². The summed E-state index contributed by atoms with van der Waals surface area (Å²) >= 11 is 0. The third kappa shape index (κ3) is 3.33. The number of esters is 1. The monoisotopic (exact) mass is 377 g/mol. The van der Waals surface area contributed by atoms with Crippen molar-refractivity contribution in [2.45, 2.75) is 33.1 Å². The molecule has 0 spiro atoms. The summed E-state index contributed by atoms with van der Waals surface area (Å²) in [6, 6.07) is 13.7. The van der Waals surface area contributed by atoms with E-state index >= 15 is 0 Å². The van der Waals surface area contributed by atoms with Crippen molar-refractivity contribution in [3.8, 4) is 5.75 Å². The van der Waals surface area contributed by atoms with E-state index in [1.54, 1.807) is 36.4 Å². The number of benzene rings is 2. The Labute approximate surface area is 164 Å². The number of aryl methyl sites for hydroxylation is 1. The minimum absolute atomic E-state index is 0.105. The van der Waals surface area contributed by atoms with E-state index in [9.17, 15) is 14.4 Å². The van der Waals surface area contributed by atoms with Crippen LogP contribution < -0.4 is 9.64 Å². The molecule has 2 aromatic rings. The van der Waals surface area contributed by atoms with E-state index in [0.717, 1.165) is 24.8 Å². The molecule has 2 amide bonds. The van der Waals surface area contributed by atoms with Crippen LogP contribution in [-0.2, 0) is 9.59 Å². The van der Waals surface area contributed by atoms with Gasteiger partial charge in [0.1, 0.15) is 5.75 Å². The summed E-state index contributed by atoms with van der Waals surface area (Å²) in [7, 11) is 0. The van der Waals surface area contributed by atoms with Gasteiger partial charge in [0.05, 0.1) is 23.1 Å². The number of carbonyl (C=O) groups excluding carboxylic acids is 3. The Morgan fingerprint density at radius 3 is 2.25 bits per heavy atom. The number of imide groups is 1. The molecule has 1 heterocycles. The number of nitrogens with zero attached hydrogens (tertiary/aromatic N) is 1. The first-order valence-electron chi connectivity index (χ1n) is 9.71. The summed E-state index contributed by atoms with van der Waals surface area (Å²) in [5.41, 5.74) is 2.07. The highest BCUT2D eigenvalue weighted by Gasteiger charge is 2.49. The number of fused-ring (bicyclic) bond motifs is 1. The highest BCUT2D eigenvalue weighted by molar-refractivity contribution is 6.22. The molecular weight excluding hydrogens is 354 g/mol. The molecule has 1 aliphatic heterocycles. The Bertz CT molecular complexity index is 917. The third-order valence-corrected chi connectivity index (χ3v) is 5.78. The fourth-order valence-corrected chi connectivity index (χ4v) is 4.16. The lowest BCUT2D eigenvalue weighted by Crippen LogP contribution is -2.30. The first-order valence-corrected chi connectivity index (χ1v) is 9.71. The Kier molecular flexibility index (Phi) is 4.75. The summed E-state index contributed by atoms with van der Waals surface area (Å²) in [4.78, 5) is 39.1. The smallest absolute Gasteiger partial charge is 0.343 e. The van der Waals surface area contributed by atoms with Gasteiger partial charge in [0, 0.05) is 0 Å². The van der Waals surface area contributed by atoms with Crippen LogP contribution in [0.25, 0.3) is 0 Å². The van der Waals surface area contributed by atoms with E-state index in [1.165, 1.54) is 4.90 Å². The normalized spacial score (nSPS) is 24.2. The molecule has 3 unspecified atom stereocenters. The molecule has 0 N–H and O–H groups in total. The predicted octanol–water partition coefficient (Wildman–Crippen LogP) is 4.14. The molecule has 1 saturated carbocycles. The second-order valence-electron chi connectivity index (χ2n) is 7.89. The van der Waals surface area contributed by atoms with E-state index in [4.69, 9.17) is 4.74 Å². The SMILES string of the molecule is Cc1ccc(C(=O)Oc2ccc(N3C(=O)C4CCC(C)CC4C3=O)cc2)cc1. The van der Waals surface area contributed by atoms with Crippen LogP contribution in [0.2, 0.25) is 0 Å². The third-order valence-electron chi connectivity index (χ3n) is 5.78. The Morgan fingerprint density at radius 1 is 0.929 bits per heavy atom. The minimum Gasteiger partial charge on any atom is -0.423 e. The van der Waals surface area contributed by atoms with Gasteiger partial charge in [-0.1, -0.05) is 24.6 Å². The van der Waals surface area contributed by atoms with Gasteiger partial charge in [-0.05, 0) is 68.5 Å². The standard InChI is InChI=1S/C23H23NO4/c1-14-3-6-16(7-4-14)23(27)28-18-10-8-17(9-11-18)24-21(25)19-12-5-15(2)13-20(19)22(24)26/h3-4,6-11,15,19-20H,5,12-13H2,1-2H3. The van der Waals surface area contributed by atoms with Crippen LogP contribution in [0.15, 0.2) is 48.5 Å². The van der Waals surface area contributed by atoms with E-state index in [2.05, 4.69) is 6.92 Å². The van der Waals surface area contributed by atoms with Crippen molar-refractivity contribution in [2.75, 3.05) is 4.90 Å². The van der Waals surface area contributed by atoms with Crippen LogP contribution in [0.1, 0.15) is 42.1 Å². The molecule has 2 aliphatic rings. The number of carbonyl (C=O) groups is 3. The van der Waals surface area contributed by atoms with Crippen LogP contribution in [0, 0.1) is 24.7 Å². The second kappa shape index (κ2) is 7.23. The fourth-order valence-electron chi connectivity index (χ4n) is 4.16. The number of ether oxygens (including phenoxy) is 1. The zero-order chi connectivity index (χ0) is 19.8. The highest BCUT2D eigenvalue weighted by atomic mass is 16.5. The zero-order valence-electron chi connectivity index (χ0n) is 16.1. The van der Waals surface area contributed by atoms with Crippen LogP contribution in [0.3, 0.4) is 0 Å². The molecule has 0 bridgehead atoms. The Morgan fingerprint density at radius 2 is 1.57 bits per heavy atom. The number of anilines is 1. The Balaban J connectivity index is 1.49. The number of rotatable bonds is 3. The average Bonchev–Trinajstić information content (AvgIpc) is 2.93. The van der Waals surface area contributed by atoms with Crippen LogP contribution >= 0.6 is 0 Å². The van der Waals surface area contributed by atoms with Gasteiger partial charge in [-0.3, -0.25) is 14.5 Å². The second-order valence-corrected chi connectivity index (χ2v) is 7.89. The molecule has 0 radical (unpaired) electrons. The van der Waals surface area contributed by atoms with Gasteiger partial charge >= 0.3 is 5.97 Å². The summed E-state index contributed by atoms with van der Waals surface area (Å²) in [5, 5.41) is 0. The molecule has 144 valence electrons. The van der Waals surface area contributed by atoms with Gasteiger partial charge in [0.25, 0.3) is 0 Å². The quantitative estimate of drug-likeness (QED) is 0.458. The molecule has 4 rings (SSSR count). The van der Waals surface area contributed by atoms with Gasteiger partial charge in [0.15, 0.2) is 0 Å². The van der Waals surface area contributed by atoms with Crippen LogP contribution in [0.4, 0.5) is 5.69 Å². The van der Waals surface area contributed by atoms with E-state index in [1.807, 2.05) is 19.1 Å². The summed E-state index contributed by atoms with van der Waals surface area (Å²) < 4.78 is 5.39. The van der Waals surface area contributed by atoms with Crippen molar-refractivity contribution in [1.29, 1.82) is 0 Å². The molecule has 1 saturated heterocycles. The summed E-state index contributed by atoms with van der Waals surface area (Å²) in [6.45, 7) is 4.08. The van der Waals surface area contributed by atoms with Gasteiger partial charge in [0.2, 0.25) is 11.8 Å². The van der Waals surface area contributed by atoms with Crippen molar-refractivity contribution in [3.05, 3.63) is 59.7 Å². The molecule has 1 aliphatic carbocycles. The summed E-state index contributed by atoms with van der Waals surface area (Å²) in [6.07, 6.45) is 2.54. The van der Waals surface area contributed by atoms with Gasteiger partial charge in [-0.25, -0.2) is 4.79 Å². The van der Waals surface area contributed by atoms with Crippen molar-refractivity contribution < 1.29 is 19.1 Å². The molecule has 2 aromatic carbocycles. The van der Waals surface area contributed by atoms with E-state index < -0.39 is 5.97 Å². The largest absolute Gasteiger partial charge is 0.423 e. The summed E-state index contributed by atoms with van der Waals surface area (Å²) in [5.74, 6) is -0.197. The molecular formula is C23H23NO4. The van der Waals surface area contributed by atoms with Gasteiger partial charge in [-0.15, -0.1) is 0 Å². The molecule has 2 fully saturated rings. The zero-order valence-corrected chi connectivity index (χ0v) is 16.1. The van der Waals surface area contributed by atoms with E-state index in [0.29, 0.717) is 22.9 Å². The average molecular weight is 377 g/mol. The predicted molar refractivity (Wildman–Crippen MR) is 105 cm³/mol. The lowest BCUT2D eigenvalue weighted by Gasteiger charge is -2.25. The number of hydrogen-bond donors (Lipinski definition) is 0. The van der Waals surface area contributed by atoms with Crippen LogP contribution in [0.5, 0.6) is 5.75 Å². The molecule has 0 aromatic heterocycles. The molecule has 5 heteroatoms. The maximum atomic E-state index is 12.8. The van der Waals surface area contributed by atoms with Crippen molar-refractivity contribution in [2.24, 2.45) is 17.8 Å². The van der Waals surface area contributed by atoms with E-state index in [-0.39, 0.29) is 23.7 Å². The molecule has 28 heavy (non-hydrogen) atoms. The van der Waals surface area contributed by atoms with Gasteiger partial charge < -0.3 is 4.74 Å². The lowest BCUT2D eigenvalue weighted by molar-refractivity contribution is -0.122. The Hall–Kier alpha value is -2.95. The van der Waals surface area contributed by atoms with Crippen LogP contribution in [-0.4, -0.2) is 17.8 Å². The van der Waals surface area contributed by atoms with Crippen molar-refractivity contribution in [3.63, 3.8) is 0 Å². The number of hydrogen-bond acceptors (Lipinski definition) is 4. The van der Waals surface area contributed by atoms with Crippen molar-refractivity contribution >= 4 is 23.5 Å². The first-order chi connectivity index (χ1) is 13.4. The fraction of sp³-hybridized carbons (Fsp3) is 0.348. The maximum absolute atomic E-state index is 12.8.